The van der Waals surface area contributed by atoms with E-state index < -0.39 is 11.6 Å². The molecule has 5 rings (SSSR count). The molecule has 0 bridgehead atoms. The molecular formula is C18H12F2N6O. The van der Waals surface area contributed by atoms with Crippen molar-refractivity contribution in [2.75, 3.05) is 0 Å². The Labute approximate surface area is 150 Å². The molecule has 0 fully saturated rings. The van der Waals surface area contributed by atoms with E-state index in [-0.39, 0.29) is 12.1 Å². The van der Waals surface area contributed by atoms with Gasteiger partial charge in [-0.1, -0.05) is 12.1 Å². The van der Waals surface area contributed by atoms with Crippen LogP contribution in [0, 0.1) is 11.6 Å². The van der Waals surface area contributed by atoms with E-state index in [1.807, 2.05) is 12.1 Å². The Morgan fingerprint density at radius 3 is 2.67 bits per heavy atom. The second kappa shape index (κ2) is 5.44. The van der Waals surface area contributed by atoms with Gasteiger partial charge in [-0.2, -0.15) is 0 Å². The van der Waals surface area contributed by atoms with Crippen molar-refractivity contribution >= 4 is 27.7 Å². The van der Waals surface area contributed by atoms with Gasteiger partial charge in [0.15, 0.2) is 17.5 Å². The van der Waals surface area contributed by atoms with Gasteiger partial charge in [0.05, 0.1) is 34.8 Å². The molecule has 0 unspecified atom stereocenters. The second-order valence-electron chi connectivity index (χ2n) is 6.26. The Bertz CT molecular complexity index is 1410. The molecule has 2 aromatic carbocycles. The predicted octanol–water partition coefficient (Wildman–Crippen LogP) is 2.26. The zero-order chi connectivity index (χ0) is 18.7. The minimum absolute atomic E-state index is 0.164. The standard InChI is InChI=1S/C18H12F2N6O/c1-24-17(27)10-4-2-3-5-14(10)26-16(22-23-18(24)26)8-25-9-21-13-6-11(19)12(20)7-15(13)25/h2-7,9H,8H2,1H3. The van der Waals surface area contributed by atoms with Crippen molar-refractivity contribution in [1.29, 1.82) is 0 Å². The van der Waals surface area contributed by atoms with Crippen molar-refractivity contribution in [2.45, 2.75) is 6.54 Å². The molecule has 0 aliphatic carbocycles. The fraction of sp³-hybridized carbons (Fsp3) is 0.111. The molecule has 0 radical (unpaired) electrons. The first-order chi connectivity index (χ1) is 13.0. The van der Waals surface area contributed by atoms with Crippen molar-refractivity contribution in [2.24, 2.45) is 7.05 Å². The van der Waals surface area contributed by atoms with Crippen LogP contribution in [0.5, 0.6) is 0 Å². The molecule has 0 saturated heterocycles. The van der Waals surface area contributed by atoms with Crippen LogP contribution in [0.15, 0.2) is 47.5 Å². The van der Waals surface area contributed by atoms with Gasteiger partial charge in [-0.25, -0.2) is 13.8 Å². The Morgan fingerprint density at radius 2 is 1.81 bits per heavy atom. The van der Waals surface area contributed by atoms with E-state index in [4.69, 9.17) is 0 Å². The van der Waals surface area contributed by atoms with Gasteiger partial charge in [0.25, 0.3) is 5.56 Å². The summed E-state index contributed by atoms with van der Waals surface area (Å²) < 4.78 is 31.9. The van der Waals surface area contributed by atoms with Crippen molar-refractivity contribution < 1.29 is 8.78 Å². The van der Waals surface area contributed by atoms with Gasteiger partial charge < -0.3 is 4.57 Å². The zero-order valence-corrected chi connectivity index (χ0v) is 14.1. The summed E-state index contributed by atoms with van der Waals surface area (Å²) in [6, 6.07) is 9.34. The Kier molecular flexibility index (Phi) is 3.15. The van der Waals surface area contributed by atoms with E-state index in [9.17, 15) is 13.6 Å². The van der Waals surface area contributed by atoms with Crippen LogP contribution in [-0.2, 0) is 13.6 Å². The van der Waals surface area contributed by atoms with Gasteiger partial charge in [-0.15, -0.1) is 10.2 Å². The van der Waals surface area contributed by atoms with E-state index in [1.54, 1.807) is 28.1 Å². The van der Waals surface area contributed by atoms with Crippen LogP contribution < -0.4 is 5.56 Å². The molecule has 0 amide bonds. The number of halogens is 2. The van der Waals surface area contributed by atoms with Crippen molar-refractivity contribution in [3.8, 4) is 0 Å². The topological polar surface area (TPSA) is 70.0 Å². The van der Waals surface area contributed by atoms with Crippen LogP contribution in [0.25, 0.3) is 27.7 Å². The van der Waals surface area contributed by atoms with E-state index >= 15 is 0 Å². The number of rotatable bonds is 2. The monoisotopic (exact) mass is 366 g/mol. The Morgan fingerprint density at radius 1 is 1.04 bits per heavy atom. The normalized spacial score (nSPS) is 11.8. The summed E-state index contributed by atoms with van der Waals surface area (Å²) in [4.78, 5) is 16.6. The minimum Gasteiger partial charge on any atom is -0.323 e. The lowest BCUT2D eigenvalue weighted by Crippen LogP contribution is -2.20. The fourth-order valence-electron chi connectivity index (χ4n) is 3.33. The first-order valence-electron chi connectivity index (χ1n) is 8.16. The SMILES string of the molecule is Cn1c(=O)c2ccccc2n2c(Cn3cnc4cc(F)c(F)cc43)nnc12. The van der Waals surface area contributed by atoms with Gasteiger partial charge in [-0.3, -0.25) is 13.8 Å². The highest BCUT2D eigenvalue weighted by Crippen LogP contribution is 2.20. The summed E-state index contributed by atoms with van der Waals surface area (Å²) in [6.45, 7) is 0.227. The smallest absolute Gasteiger partial charge is 0.262 e. The van der Waals surface area contributed by atoms with Gasteiger partial charge in [0.1, 0.15) is 0 Å². The van der Waals surface area contributed by atoms with Gasteiger partial charge in [-0.05, 0) is 12.1 Å². The van der Waals surface area contributed by atoms with Crippen LogP contribution in [0.2, 0.25) is 0 Å². The largest absolute Gasteiger partial charge is 0.323 e. The maximum atomic E-state index is 13.7. The summed E-state index contributed by atoms with van der Waals surface area (Å²) in [6.07, 6.45) is 1.49. The summed E-state index contributed by atoms with van der Waals surface area (Å²) in [5.41, 5.74) is 1.31. The van der Waals surface area contributed by atoms with Crippen molar-refractivity contribution in [3.05, 3.63) is 70.5 Å². The van der Waals surface area contributed by atoms with Crippen LogP contribution in [0.3, 0.4) is 0 Å². The maximum Gasteiger partial charge on any atom is 0.262 e. The minimum atomic E-state index is -0.943. The van der Waals surface area contributed by atoms with Gasteiger partial charge >= 0.3 is 0 Å². The quantitative estimate of drug-likeness (QED) is 0.481. The van der Waals surface area contributed by atoms with Gasteiger partial charge in [0, 0.05) is 19.2 Å². The summed E-state index contributed by atoms with van der Waals surface area (Å²) in [7, 11) is 1.63. The summed E-state index contributed by atoms with van der Waals surface area (Å²) in [5, 5.41) is 8.87. The molecule has 0 aliphatic rings. The third kappa shape index (κ3) is 2.17. The Balaban J connectivity index is 1.75. The summed E-state index contributed by atoms with van der Waals surface area (Å²) >= 11 is 0. The highest BCUT2D eigenvalue weighted by molar-refractivity contribution is 5.80. The average molecular weight is 366 g/mol. The third-order valence-electron chi connectivity index (χ3n) is 4.67. The molecule has 9 heteroatoms. The van der Waals surface area contributed by atoms with E-state index in [1.165, 1.54) is 10.9 Å². The predicted molar refractivity (Wildman–Crippen MR) is 94.5 cm³/mol. The number of hydrogen-bond acceptors (Lipinski definition) is 4. The Hall–Kier alpha value is -3.62. The molecular weight excluding hydrogens is 354 g/mol. The molecule has 134 valence electrons. The highest BCUT2D eigenvalue weighted by atomic mass is 19.2. The first kappa shape index (κ1) is 15.6. The number of fused-ring (bicyclic) bond motifs is 4. The molecule has 0 saturated carbocycles. The highest BCUT2D eigenvalue weighted by Gasteiger charge is 2.16. The molecule has 0 N–H and O–H groups in total. The van der Waals surface area contributed by atoms with E-state index in [0.29, 0.717) is 33.5 Å². The summed E-state index contributed by atoms with van der Waals surface area (Å²) in [5.74, 6) is -0.943. The number of nitrogens with zero attached hydrogens (tertiary/aromatic N) is 6. The lowest BCUT2D eigenvalue weighted by Gasteiger charge is -2.08. The molecule has 7 nitrogen and oxygen atoms in total. The molecule has 0 spiro atoms. The lowest BCUT2D eigenvalue weighted by molar-refractivity contribution is 0.510. The number of imidazole rings is 1. The molecule has 0 atom stereocenters. The van der Waals surface area contributed by atoms with Crippen LogP contribution in [0.4, 0.5) is 8.78 Å². The van der Waals surface area contributed by atoms with Crippen LogP contribution >= 0.6 is 0 Å². The van der Waals surface area contributed by atoms with Crippen molar-refractivity contribution in [3.63, 3.8) is 0 Å². The van der Waals surface area contributed by atoms with E-state index in [0.717, 1.165) is 12.1 Å². The lowest BCUT2D eigenvalue weighted by atomic mass is 10.2. The zero-order valence-electron chi connectivity index (χ0n) is 14.1. The van der Waals surface area contributed by atoms with Crippen molar-refractivity contribution in [1.82, 2.24) is 28.7 Å². The number of benzene rings is 2. The third-order valence-corrected chi connectivity index (χ3v) is 4.67. The van der Waals surface area contributed by atoms with Crippen LogP contribution in [-0.4, -0.2) is 28.7 Å². The second-order valence-corrected chi connectivity index (χ2v) is 6.26. The number of hydrogen-bond donors (Lipinski definition) is 0. The number of para-hydroxylation sites is 1. The number of aryl methyl sites for hydroxylation is 1. The molecule has 0 aliphatic heterocycles. The molecule has 5 aromatic rings. The number of aromatic nitrogens is 6. The first-order valence-corrected chi connectivity index (χ1v) is 8.16. The van der Waals surface area contributed by atoms with Gasteiger partial charge in [0.2, 0.25) is 5.78 Å². The van der Waals surface area contributed by atoms with Crippen LogP contribution in [0.1, 0.15) is 5.82 Å². The molecule has 3 aromatic heterocycles. The molecule has 27 heavy (non-hydrogen) atoms. The van der Waals surface area contributed by atoms with E-state index in [2.05, 4.69) is 15.2 Å². The fourth-order valence-corrected chi connectivity index (χ4v) is 3.33. The molecule has 3 heterocycles. The average Bonchev–Trinajstić information content (AvgIpc) is 3.25. The maximum absolute atomic E-state index is 13.7.